The zero-order valence-corrected chi connectivity index (χ0v) is 13.3. The zero-order chi connectivity index (χ0) is 16.7. The van der Waals surface area contributed by atoms with Gasteiger partial charge in [-0.05, 0) is 18.9 Å². The van der Waals surface area contributed by atoms with E-state index in [0.29, 0.717) is 24.9 Å². The van der Waals surface area contributed by atoms with E-state index in [1.807, 2.05) is 12.1 Å². The minimum Gasteiger partial charge on any atom is -0.349 e. The number of aromatic amines is 1. The Balaban J connectivity index is 1.51. The highest BCUT2D eigenvalue weighted by Gasteiger charge is 2.22. The van der Waals surface area contributed by atoms with Gasteiger partial charge in [0.05, 0.1) is 17.3 Å². The van der Waals surface area contributed by atoms with E-state index in [-0.39, 0.29) is 17.6 Å². The first-order valence-corrected chi connectivity index (χ1v) is 7.99. The van der Waals surface area contributed by atoms with Crippen LogP contribution in [0.1, 0.15) is 29.0 Å². The Morgan fingerprint density at radius 1 is 1.38 bits per heavy atom. The van der Waals surface area contributed by atoms with Gasteiger partial charge in [-0.25, -0.2) is 9.48 Å². The second-order valence-electron chi connectivity index (χ2n) is 6.11. The lowest BCUT2D eigenvalue weighted by Gasteiger charge is -2.16. The summed E-state index contributed by atoms with van der Waals surface area (Å²) in [6, 6.07) is 5.56. The molecule has 1 aromatic carbocycles. The summed E-state index contributed by atoms with van der Waals surface area (Å²) in [7, 11) is 1.66. The summed E-state index contributed by atoms with van der Waals surface area (Å²) in [5, 5.41) is 15.1. The lowest BCUT2D eigenvalue weighted by Crippen LogP contribution is -2.35. The molecule has 4 rings (SSSR count). The highest BCUT2D eigenvalue weighted by atomic mass is 16.2. The van der Waals surface area contributed by atoms with Gasteiger partial charge in [-0.1, -0.05) is 12.1 Å². The molecule has 0 fully saturated rings. The summed E-state index contributed by atoms with van der Waals surface area (Å²) in [5.41, 5.74) is 1.23. The molecule has 8 heteroatoms. The molecule has 0 saturated carbocycles. The SMILES string of the molecule is Cn1nc2n(c1=O)CCC(NC(=O)c1cccc3cn[nH]c13)CC2. The van der Waals surface area contributed by atoms with Crippen LogP contribution in [0, 0.1) is 0 Å². The summed E-state index contributed by atoms with van der Waals surface area (Å²) in [6.45, 7) is 0.571. The van der Waals surface area contributed by atoms with Crippen LogP contribution in [-0.4, -0.2) is 36.5 Å². The van der Waals surface area contributed by atoms with Crippen molar-refractivity contribution in [3.63, 3.8) is 0 Å². The smallest absolute Gasteiger partial charge is 0.345 e. The molecule has 2 N–H and O–H groups in total. The molecule has 1 atom stereocenters. The molecule has 2 aromatic heterocycles. The van der Waals surface area contributed by atoms with Crippen molar-refractivity contribution in [2.45, 2.75) is 31.8 Å². The van der Waals surface area contributed by atoms with Crippen molar-refractivity contribution in [3.8, 4) is 0 Å². The number of benzene rings is 1. The van der Waals surface area contributed by atoms with Crippen LogP contribution in [0.4, 0.5) is 0 Å². The number of aryl methyl sites for hydroxylation is 2. The summed E-state index contributed by atoms with van der Waals surface area (Å²) in [5.74, 6) is 0.664. The molecule has 3 heterocycles. The maximum Gasteiger partial charge on any atom is 0.345 e. The van der Waals surface area contributed by atoms with E-state index < -0.39 is 0 Å². The Kier molecular flexibility index (Phi) is 3.44. The average Bonchev–Trinajstić information content (AvgIpc) is 3.09. The molecule has 1 amide bonds. The van der Waals surface area contributed by atoms with Crippen molar-refractivity contribution < 1.29 is 4.79 Å². The maximum atomic E-state index is 12.6. The van der Waals surface area contributed by atoms with Gasteiger partial charge in [-0.3, -0.25) is 14.5 Å². The van der Waals surface area contributed by atoms with Gasteiger partial charge >= 0.3 is 5.69 Å². The first kappa shape index (κ1) is 14.7. The summed E-state index contributed by atoms with van der Waals surface area (Å²) in [4.78, 5) is 24.6. The number of nitrogens with one attached hydrogen (secondary N) is 2. The fourth-order valence-electron chi connectivity index (χ4n) is 3.26. The average molecular weight is 326 g/mol. The Morgan fingerprint density at radius 2 is 2.25 bits per heavy atom. The number of H-pyrrole nitrogens is 1. The van der Waals surface area contributed by atoms with Gasteiger partial charge in [0, 0.05) is 31.4 Å². The highest BCUT2D eigenvalue weighted by molar-refractivity contribution is 6.05. The van der Waals surface area contributed by atoms with Crippen molar-refractivity contribution in [1.29, 1.82) is 0 Å². The van der Waals surface area contributed by atoms with Gasteiger partial charge in [0.1, 0.15) is 5.82 Å². The highest BCUT2D eigenvalue weighted by Crippen LogP contribution is 2.17. The third-order valence-corrected chi connectivity index (χ3v) is 4.56. The number of hydrogen-bond acceptors (Lipinski definition) is 4. The second-order valence-corrected chi connectivity index (χ2v) is 6.11. The van der Waals surface area contributed by atoms with E-state index in [9.17, 15) is 9.59 Å². The van der Waals surface area contributed by atoms with Crippen LogP contribution in [0.2, 0.25) is 0 Å². The van der Waals surface area contributed by atoms with Crippen LogP contribution in [-0.2, 0) is 20.0 Å². The zero-order valence-electron chi connectivity index (χ0n) is 13.3. The van der Waals surface area contributed by atoms with Gasteiger partial charge in [0.25, 0.3) is 5.91 Å². The van der Waals surface area contributed by atoms with Gasteiger partial charge in [0.2, 0.25) is 0 Å². The normalized spacial score (nSPS) is 17.5. The van der Waals surface area contributed by atoms with Crippen LogP contribution in [0.3, 0.4) is 0 Å². The summed E-state index contributed by atoms with van der Waals surface area (Å²) < 4.78 is 3.06. The van der Waals surface area contributed by atoms with Crippen LogP contribution >= 0.6 is 0 Å². The number of rotatable bonds is 2. The molecular formula is C16H18N6O2. The quantitative estimate of drug-likeness (QED) is 0.720. The van der Waals surface area contributed by atoms with Crippen LogP contribution in [0.5, 0.6) is 0 Å². The van der Waals surface area contributed by atoms with Gasteiger partial charge in [-0.15, -0.1) is 0 Å². The Labute approximate surface area is 137 Å². The lowest BCUT2D eigenvalue weighted by molar-refractivity contribution is 0.0934. The van der Waals surface area contributed by atoms with Crippen molar-refractivity contribution >= 4 is 16.8 Å². The van der Waals surface area contributed by atoms with Crippen molar-refractivity contribution in [2.24, 2.45) is 7.05 Å². The standard InChI is InChI=1S/C16H18N6O2/c1-21-16(24)22-8-7-11(5-6-13(22)20-21)18-15(23)12-4-2-3-10-9-17-19-14(10)12/h2-4,9,11H,5-8H2,1H3,(H,17,19)(H,18,23). The largest absolute Gasteiger partial charge is 0.349 e. The number of para-hydroxylation sites is 1. The van der Waals surface area contributed by atoms with Gasteiger partial charge < -0.3 is 5.32 Å². The molecule has 1 aliphatic rings. The predicted molar refractivity (Wildman–Crippen MR) is 87.8 cm³/mol. The molecule has 3 aromatic rings. The van der Waals surface area contributed by atoms with E-state index >= 15 is 0 Å². The molecule has 8 nitrogen and oxygen atoms in total. The van der Waals surface area contributed by atoms with Crippen LogP contribution in [0.25, 0.3) is 10.9 Å². The van der Waals surface area contributed by atoms with E-state index in [1.54, 1.807) is 23.9 Å². The fourth-order valence-corrected chi connectivity index (χ4v) is 3.26. The fraction of sp³-hybridized carbons (Fsp3) is 0.375. The molecular weight excluding hydrogens is 308 g/mol. The molecule has 1 unspecified atom stereocenters. The molecule has 24 heavy (non-hydrogen) atoms. The van der Waals surface area contributed by atoms with Gasteiger partial charge in [0.15, 0.2) is 0 Å². The maximum absolute atomic E-state index is 12.6. The Morgan fingerprint density at radius 3 is 3.12 bits per heavy atom. The second kappa shape index (κ2) is 5.63. The topological polar surface area (TPSA) is 97.6 Å². The molecule has 0 spiro atoms. The predicted octanol–water partition coefficient (Wildman–Crippen LogP) is 0.593. The summed E-state index contributed by atoms with van der Waals surface area (Å²) in [6.07, 6.45) is 3.85. The van der Waals surface area contributed by atoms with Crippen molar-refractivity contribution in [1.82, 2.24) is 29.9 Å². The number of carbonyl (C=O) groups is 1. The lowest BCUT2D eigenvalue weighted by atomic mass is 10.1. The Bertz CT molecular complexity index is 967. The Hall–Kier alpha value is -2.90. The molecule has 0 radical (unpaired) electrons. The van der Waals surface area contributed by atoms with Crippen LogP contribution < -0.4 is 11.0 Å². The summed E-state index contributed by atoms with van der Waals surface area (Å²) >= 11 is 0. The van der Waals surface area contributed by atoms with Crippen molar-refractivity contribution in [3.05, 3.63) is 46.3 Å². The van der Waals surface area contributed by atoms with Crippen molar-refractivity contribution in [2.75, 3.05) is 0 Å². The van der Waals surface area contributed by atoms with Gasteiger partial charge in [-0.2, -0.15) is 10.2 Å². The first-order chi connectivity index (χ1) is 11.6. The minimum absolute atomic E-state index is 0.0158. The van der Waals surface area contributed by atoms with Crippen LogP contribution in [0.15, 0.2) is 29.2 Å². The number of fused-ring (bicyclic) bond motifs is 2. The number of amides is 1. The number of nitrogens with zero attached hydrogens (tertiary/aromatic N) is 4. The first-order valence-electron chi connectivity index (χ1n) is 7.99. The molecule has 0 bridgehead atoms. The number of aromatic nitrogens is 5. The number of carbonyl (C=O) groups excluding carboxylic acids is 1. The molecule has 1 aliphatic heterocycles. The third kappa shape index (κ3) is 2.40. The van der Waals surface area contributed by atoms with E-state index in [4.69, 9.17) is 0 Å². The molecule has 0 aliphatic carbocycles. The van der Waals surface area contributed by atoms with E-state index in [1.165, 1.54) is 4.68 Å². The molecule has 0 saturated heterocycles. The third-order valence-electron chi connectivity index (χ3n) is 4.56. The monoisotopic (exact) mass is 326 g/mol. The minimum atomic E-state index is -0.123. The van der Waals surface area contributed by atoms with E-state index in [0.717, 1.165) is 23.1 Å². The number of hydrogen-bond donors (Lipinski definition) is 2. The molecule has 124 valence electrons. The van der Waals surface area contributed by atoms with E-state index in [2.05, 4.69) is 20.6 Å².